The topological polar surface area (TPSA) is 69.2 Å². The van der Waals surface area contributed by atoms with Gasteiger partial charge in [-0.1, -0.05) is 18.2 Å². The lowest BCUT2D eigenvalue weighted by atomic mass is 10.2. The summed E-state index contributed by atoms with van der Waals surface area (Å²) in [5.41, 5.74) is 3.60. The lowest BCUT2D eigenvalue weighted by Gasteiger charge is -2.11. The van der Waals surface area contributed by atoms with Gasteiger partial charge in [0, 0.05) is 5.56 Å². The molecule has 0 atom stereocenters. The van der Waals surface area contributed by atoms with Crippen LogP contribution in [0.15, 0.2) is 47.6 Å². The minimum atomic E-state index is -0.357. The number of nitrogens with one attached hydrogen (secondary N) is 1. The molecular formula is C18H20N2O4. The van der Waals surface area contributed by atoms with E-state index in [1.165, 1.54) is 13.3 Å². The maximum absolute atomic E-state index is 12.2. The molecule has 0 aliphatic rings. The van der Waals surface area contributed by atoms with E-state index < -0.39 is 0 Å². The summed E-state index contributed by atoms with van der Waals surface area (Å²) in [5, 5.41) is 4.00. The Labute approximate surface area is 141 Å². The molecule has 6 nitrogen and oxygen atoms in total. The number of hydrazone groups is 1. The molecule has 0 unspecified atom stereocenters. The molecule has 24 heavy (non-hydrogen) atoms. The molecule has 1 N–H and O–H groups in total. The van der Waals surface area contributed by atoms with Gasteiger partial charge in [-0.05, 0) is 31.2 Å². The monoisotopic (exact) mass is 328 g/mol. The molecule has 0 saturated carbocycles. The second kappa shape index (κ2) is 8.57. The maximum Gasteiger partial charge on any atom is 0.275 e. The third-order valence-corrected chi connectivity index (χ3v) is 3.24. The average Bonchev–Trinajstić information content (AvgIpc) is 2.62. The lowest BCUT2D eigenvalue weighted by molar-refractivity contribution is 0.0952. The van der Waals surface area contributed by atoms with Crippen LogP contribution in [0.5, 0.6) is 17.2 Å². The molecule has 1 amide bonds. The molecule has 0 heterocycles. The third-order valence-electron chi connectivity index (χ3n) is 3.24. The first-order valence-corrected chi connectivity index (χ1v) is 7.47. The highest BCUT2D eigenvalue weighted by atomic mass is 16.5. The number of para-hydroxylation sites is 2. The van der Waals surface area contributed by atoms with Crippen LogP contribution >= 0.6 is 0 Å². The van der Waals surface area contributed by atoms with E-state index in [0.29, 0.717) is 35.0 Å². The summed E-state index contributed by atoms with van der Waals surface area (Å²) in [7, 11) is 3.09. The van der Waals surface area contributed by atoms with E-state index in [9.17, 15) is 4.79 Å². The largest absolute Gasteiger partial charge is 0.496 e. The number of carbonyl (C=O) groups is 1. The smallest absolute Gasteiger partial charge is 0.275 e. The van der Waals surface area contributed by atoms with E-state index in [4.69, 9.17) is 14.2 Å². The molecule has 0 aliphatic heterocycles. The molecule has 2 rings (SSSR count). The van der Waals surface area contributed by atoms with Crippen LogP contribution in [0, 0.1) is 0 Å². The number of amides is 1. The van der Waals surface area contributed by atoms with Crippen molar-refractivity contribution in [2.45, 2.75) is 6.92 Å². The van der Waals surface area contributed by atoms with Crippen LogP contribution in [0.4, 0.5) is 0 Å². The number of hydrogen-bond acceptors (Lipinski definition) is 5. The van der Waals surface area contributed by atoms with Crippen LogP contribution in [-0.2, 0) is 0 Å². The number of carbonyl (C=O) groups excluding carboxylic acids is 1. The predicted octanol–water partition coefficient (Wildman–Crippen LogP) is 2.87. The fourth-order valence-electron chi connectivity index (χ4n) is 2.15. The van der Waals surface area contributed by atoms with Gasteiger partial charge in [0.1, 0.15) is 5.75 Å². The van der Waals surface area contributed by atoms with Gasteiger partial charge in [0.05, 0.1) is 32.6 Å². The van der Waals surface area contributed by atoms with Crippen LogP contribution < -0.4 is 19.6 Å². The molecule has 0 bridgehead atoms. The molecule has 126 valence electrons. The lowest BCUT2D eigenvalue weighted by Crippen LogP contribution is -2.18. The molecule has 2 aromatic rings. The number of methoxy groups -OCH3 is 2. The Morgan fingerprint density at radius 3 is 2.50 bits per heavy atom. The second-order valence-electron chi connectivity index (χ2n) is 4.71. The van der Waals surface area contributed by atoms with Crippen LogP contribution in [-0.4, -0.2) is 32.9 Å². The summed E-state index contributed by atoms with van der Waals surface area (Å²) in [5.74, 6) is 1.32. The van der Waals surface area contributed by atoms with Crippen LogP contribution in [0.1, 0.15) is 22.8 Å². The van der Waals surface area contributed by atoms with E-state index in [1.54, 1.807) is 37.4 Å². The number of nitrogens with zero attached hydrogens (tertiary/aromatic N) is 1. The first kappa shape index (κ1) is 17.3. The second-order valence-corrected chi connectivity index (χ2v) is 4.71. The van der Waals surface area contributed by atoms with Crippen molar-refractivity contribution >= 4 is 12.1 Å². The van der Waals surface area contributed by atoms with E-state index in [0.717, 1.165) is 0 Å². The Balaban J connectivity index is 2.16. The average molecular weight is 328 g/mol. The van der Waals surface area contributed by atoms with E-state index in [2.05, 4.69) is 10.5 Å². The molecule has 0 aliphatic carbocycles. The molecule has 0 radical (unpaired) electrons. The first-order valence-electron chi connectivity index (χ1n) is 7.47. The summed E-state index contributed by atoms with van der Waals surface area (Å²) >= 11 is 0. The van der Waals surface area contributed by atoms with Crippen LogP contribution in [0.25, 0.3) is 0 Å². The Bertz CT molecular complexity index is 729. The van der Waals surface area contributed by atoms with Crippen molar-refractivity contribution in [2.75, 3.05) is 20.8 Å². The zero-order chi connectivity index (χ0) is 17.4. The molecule has 2 aromatic carbocycles. The summed E-state index contributed by atoms with van der Waals surface area (Å²) in [6, 6.07) is 12.4. The molecule has 6 heteroatoms. The fraction of sp³-hybridized carbons (Fsp3) is 0.222. The zero-order valence-electron chi connectivity index (χ0n) is 13.9. The Kier molecular flexibility index (Phi) is 6.19. The van der Waals surface area contributed by atoms with Crippen molar-refractivity contribution in [1.29, 1.82) is 0 Å². The van der Waals surface area contributed by atoms with Gasteiger partial charge in [-0.25, -0.2) is 5.43 Å². The minimum Gasteiger partial charge on any atom is -0.496 e. The molecule has 0 aromatic heterocycles. The zero-order valence-corrected chi connectivity index (χ0v) is 13.9. The van der Waals surface area contributed by atoms with E-state index >= 15 is 0 Å². The summed E-state index contributed by atoms with van der Waals surface area (Å²) < 4.78 is 16.0. The normalized spacial score (nSPS) is 10.5. The Morgan fingerprint density at radius 1 is 1.08 bits per heavy atom. The Morgan fingerprint density at radius 2 is 1.79 bits per heavy atom. The molecule has 0 fully saturated rings. The summed E-state index contributed by atoms with van der Waals surface area (Å²) in [4.78, 5) is 12.2. The van der Waals surface area contributed by atoms with Crippen molar-refractivity contribution in [3.05, 3.63) is 53.6 Å². The Hall–Kier alpha value is -3.02. The van der Waals surface area contributed by atoms with Crippen molar-refractivity contribution in [1.82, 2.24) is 5.43 Å². The SMILES string of the molecule is CCOc1c(/C=N\NC(=O)c2ccccc2OC)cccc1OC. The van der Waals surface area contributed by atoms with Crippen molar-refractivity contribution < 1.29 is 19.0 Å². The summed E-state index contributed by atoms with van der Waals surface area (Å²) in [6.45, 7) is 2.38. The van der Waals surface area contributed by atoms with Gasteiger partial charge in [-0.15, -0.1) is 0 Å². The van der Waals surface area contributed by atoms with Crippen LogP contribution in [0.2, 0.25) is 0 Å². The highest BCUT2D eigenvalue weighted by Gasteiger charge is 2.11. The van der Waals surface area contributed by atoms with Gasteiger partial charge in [0.15, 0.2) is 11.5 Å². The van der Waals surface area contributed by atoms with Gasteiger partial charge in [0.2, 0.25) is 0 Å². The van der Waals surface area contributed by atoms with Gasteiger partial charge < -0.3 is 14.2 Å². The number of hydrogen-bond donors (Lipinski definition) is 1. The minimum absolute atomic E-state index is 0.357. The van der Waals surface area contributed by atoms with E-state index in [1.807, 2.05) is 19.1 Å². The highest BCUT2D eigenvalue weighted by Crippen LogP contribution is 2.29. The highest BCUT2D eigenvalue weighted by molar-refractivity contribution is 5.97. The third kappa shape index (κ3) is 4.04. The maximum atomic E-state index is 12.2. The summed E-state index contributed by atoms with van der Waals surface area (Å²) in [6.07, 6.45) is 1.51. The van der Waals surface area contributed by atoms with Crippen LogP contribution in [0.3, 0.4) is 0 Å². The standard InChI is InChI=1S/C18H20N2O4/c1-4-24-17-13(8-7-11-16(17)23-3)12-19-20-18(21)14-9-5-6-10-15(14)22-2/h5-12H,4H2,1-3H3,(H,20,21)/b19-12-. The van der Waals surface area contributed by atoms with Gasteiger partial charge in [-0.3, -0.25) is 4.79 Å². The quantitative estimate of drug-likeness (QED) is 0.627. The first-order chi connectivity index (χ1) is 11.7. The van der Waals surface area contributed by atoms with Gasteiger partial charge in [0.25, 0.3) is 5.91 Å². The van der Waals surface area contributed by atoms with Gasteiger partial charge >= 0.3 is 0 Å². The van der Waals surface area contributed by atoms with Crippen molar-refractivity contribution in [3.8, 4) is 17.2 Å². The number of benzene rings is 2. The molecular weight excluding hydrogens is 308 g/mol. The molecule has 0 spiro atoms. The van der Waals surface area contributed by atoms with Crippen molar-refractivity contribution in [2.24, 2.45) is 5.10 Å². The number of ether oxygens (including phenoxy) is 3. The van der Waals surface area contributed by atoms with Crippen molar-refractivity contribution in [3.63, 3.8) is 0 Å². The van der Waals surface area contributed by atoms with Gasteiger partial charge in [-0.2, -0.15) is 5.10 Å². The fourth-order valence-corrected chi connectivity index (χ4v) is 2.15. The molecule has 0 saturated heterocycles. The van der Waals surface area contributed by atoms with E-state index in [-0.39, 0.29) is 5.91 Å². The number of rotatable bonds is 7. The predicted molar refractivity (Wildman–Crippen MR) is 92.2 cm³/mol.